The summed E-state index contributed by atoms with van der Waals surface area (Å²) in [6, 6.07) is 17.4. The lowest BCUT2D eigenvalue weighted by Crippen LogP contribution is -2.05. The molecular weight excluding hydrogens is 357 g/mol. The predicted octanol–water partition coefficient (Wildman–Crippen LogP) is 5.78. The Labute approximate surface area is 156 Å². The number of rotatable bonds is 5. The lowest BCUT2D eigenvalue weighted by molar-refractivity contribution is -0.136. The third kappa shape index (κ3) is 3.89. The van der Waals surface area contributed by atoms with Crippen LogP contribution in [0.5, 0.6) is 0 Å². The summed E-state index contributed by atoms with van der Waals surface area (Å²) in [7, 11) is 0. The van der Waals surface area contributed by atoms with E-state index in [2.05, 4.69) is 4.57 Å². The summed E-state index contributed by atoms with van der Waals surface area (Å²) in [6.45, 7) is 1.95. The average Bonchev–Trinajstić information content (AvgIpc) is 3.00. The monoisotopic (exact) mass is 373 g/mol. The molecule has 25 heavy (non-hydrogen) atoms. The third-order valence-corrected chi connectivity index (χ3v) is 4.77. The van der Waals surface area contributed by atoms with Gasteiger partial charge in [0.15, 0.2) is 0 Å². The molecule has 0 saturated carbocycles. The maximum atomic E-state index is 11.0. The van der Waals surface area contributed by atoms with Crippen molar-refractivity contribution in [1.29, 1.82) is 0 Å². The number of aromatic nitrogens is 1. The molecule has 3 aromatic rings. The van der Waals surface area contributed by atoms with E-state index in [1.165, 1.54) is 0 Å². The smallest absolute Gasteiger partial charge is 0.303 e. The molecule has 0 unspecified atom stereocenters. The van der Waals surface area contributed by atoms with Gasteiger partial charge in [0.25, 0.3) is 0 Å². The van der Waals surface area contributed by atoms with E-state index in [9.17, 15) is 4.79 Å². The van der Waals surface area contributed by atoms with Gasteiger partial charge in [0.05, 0.1) is 12.1 Å². The van der Waals surface area contributed by atoms with Crippen LogP contribution in [0.25, 0.3) is 16.9 Å². The summed E-state index contributed by atoms with van der Waals surface area (Å²) in [6.07, 6.45) is 0.512. The van der Waals surface area contributed by atoms with E-state index in [0.29, 0.717) is 16.5 Å². The first-order valence-corrected chi connectivity index (χ1v) is 8.66. The highest BCUT2D eigenvalue weighted by atomic mass is 35.5. The van der Waals surface area contributed by atoms with Crippen molar-refractivity contribution in [3.63, 3.8) is 0 Å². The first kappa shape index (κ1) is 17.6. The van der Waals surface area contributed by atoms with Crippen molar-refractivity contribution >= 4 is 29.2 Å². The van der Waals surface area contributed by atoms with Gasteiger partial charge in [0, 0.05) is 21.4 Å². The highest BCUT2D eigenvalue weighted by Crippen LogP contribution is 2.30. The van der Waals surface area contributed by atoms with Crippen LogP contribution in [0.2, 0.25) is 10.0 Å². The van der Waals surface area contributed by atoms with Gasteiger partial charge in [-0.3, -0.25) is 4.79 Å². The van der Waals surface area contributed by atoms with Crippen molar-refractivity contribution in [2.45, 2.75) is 19.8 Å². The van der Waals surface area contributed by atoms with Crippen LogP contribution in [0.15, 0.2) is 54.6 Å². The summed E-state index contributed by atoms with van der Waals surface area (Å²) >= 11 is 12.3. The fourth-order valence-corrected chi connectivity index (χ4v) is 3.08. The van der Waals surface area contributed by atoms with Gasteiger partial charge >= 0.3 is 5.97 Å². The molecule has 0 fully saturated rings. The molecule has 1 aromatic heterocycles. The Hall–Kier alpha value is -2.23. The van der Waals surface area contributed by atoms with Crippen LogP contribution >= 0.6 is 23.2 Å². The lowest BCUT2D eigenvalue weighted by Gasteiger charge is -2.15. The summed E-state index contributed by atoms with van der Waals surface area (Å²) < 4.78 is 2.05. The second kappa shape index (κ2) is 7.34. The van der Waals surface area contributed by atoms with Gasteiger partial charge in [0.2, 0.25) is 0 Å². The molecule has 0 amide bonds. The Morgan fingerprint density at radius 2 is 1.76 bits per heavy atom. The molecule has 3 rings (SSSR count). The molecule has 2 aromatic carbocycles. The van der Waals surface area contributed by atoms with Crippen LogP contribution in [0.4, 0.5) is 0 Å². The molecule has 0 bridgehead atoms. The predicted molar refractivity (Wildman–Crippen MR) is 102 cm³/mol. The van der Waals surface area contributed by atoms with Gasteiger partial charge in [-0.15, -0.1) is 0 Å². The normalized spacial score (nSPS) is 10.8. The zero-order chi connectivity index (χ0) is 18.0. The van der Waals surface area contributed by atoms with Crippen LogP contribution < -0.4 is 0 Å². The second-order valence-electron chi connectivity index (χ2n) is 5.88. The van der Waals surface area contributed by atoms with Gasteiger partial charge in [-0.1, -0.05) is 41.4 Å². The van der Waals surface area contributed by atoms with Crippen molar-refractivity contribution in [1.82, 2.24) is 4.57 Å². The maximum Gasteiger partial charge on any atom is 0.303 e. The molecular formula is C20H17Cl2NO2. The van der Waals surface area contributed by atoms with Crippen molar-refractivity contribution in [3.05, 3.63) is 75.9 Å². The largest absolute Gasteiger partial charge is 0.481 e. The number of carboxylic acids is 1. The number of aliphatic carboxylic acids is 1. The molecule has 0 atom stereocenters. The first-order valence-electron chi connectivity index (χ1n) is 7.90. The van der Waals surface area contributed by atoms with E-state index in [1.807, 2.05) is 61.5 Å². The summed E-state index contributed by atoms with van der Waals surface area (Å²) in [4.78, 5) is 11.0. The fraction of sp³-hybridized carbons (Fsp3) is 0.150. The van der Waals surface area contributed by atoms with Crippen LogP contribution in [-0.4, -0.2) is 15.6 Å². The van der Waals surface area contributed by atoms with Crippen molar-refractivity contribution in [2.75, 3.05) is 0 Å². The van der Waals surface area contributed by atoms with E-state index >= 15 is 0 Å². The topological polar surface area (TPSA) is 42.2 Å². The molecule has 0 aliphatic rings. The highest BCUT2D eigenvalue weighted by molar-refractivity contribution is 6.31. The van der Waals surface area contributed by atoms with Crippen molar-refractivity contribution < 1.29 is 9.90 Å². The Balaban J connectivity index is 2.13. The van der Waals surface area contributed by atoms with Crippen LogP contribution in [0.3, 0.4) is 0 Å². The molecule has 5 heteroatoms. The molecule has 3 nitrogen and oxygen atoms in total. The van der Waals surface area contributed by atoms with Gasteiger partial charge < -0.3 is 9.67 Å². The number of hydrogen-bond acceptors (Lipinski definition) is 1. The number of hydrogen-bond donors (Lipinski definition) is 1. The Kier molecular flexibility index (Phi) is 5.16. The van der Waals surface area contributed by atoms with Crippen LogP contribution in [0, 0.1) is 6.92 Å². The number of benzene rings is 2. The van der Waals surface area contributed by atoms with Crippen molar-refractivity contribution in [3.8, 4) is 16.9 Å². The molecule has 128 valence electrons. The van der Waals surface area contributed by atoms with E-state index in [-0.39, 0.29) is 6.42 Å². The minimum Gasteiger partial charge on any atom is -0.481 e. The Bertz CT molecular complexity index is 914. The first-order chi connectivity index (χ1) is 12.0. The second-order valence-corrected chi connectivity index (χ2v) is 6.72. The molecule has 0 spiro atoms. The molecule has 1 N–H and O–H groups in total. The quantitative estimate of drug-likeness (QED) is 0.615. The van der Waals surface area contributed by atoms with E-state index < -0.39 is 5.97 Å². The molecule has 0 aliphatic heterocycles. The minimum absolute atomic E-state index is 0.0731. The maximum absolute atomic E-state index is 11.0. The lowest BCUT2D eigenvalue weighted by atomic mass is 10.1. The number of nitrogens with zero attached hydrogens (tertiary/aromatic N) is 1. The SMILES string of the molecule is Cc1ccc(-n2c(CCC(=O)O)ccc2-c2ccc(Cl)cc2)cc1Cl. The number of halogens is 2. The van der Waals surface area contributed by atoms with Crippen LogP contribution in [-0.2, 0) is 11.2 Å². The number of carboxylic acid groups (broad SMARTS) is 1. The molecule has 0 aliphatic carbocycles. The fourth-order valence-electron chi connectivity index (χ4n) is 2.78. The van der Waals surface area contributed by atoms with Crippen LogP contribution in [0.1, 0.15) is 17.7 Å². The zero-order valence-electron chi connectivity index (χ0n) is 13.7. The van der Waals surface area contributed by atoms with Gasteiger partial charge in [-0.05, 0) is 60.9 Å². The summed E-state index contributed by atoms with van der Waals surface area (Å²) in [5.41, 5.74) is 4.80. The van der Waals surface area contributed by atoms with Gasteiger partial charge in [-0.2, -0.15) is 0 Å². The summed E-state index contributed by atoms with van der Waals surface area (Å²) in [5, 5.41) is 10.4. The average molecular weight is 374 g/mol. The number of carbonyl (C=O) groups is 1. The Morgan fingerprint density at radius 1 is 1.04 bits per heavy atom. The minimum atomic E-state index is -0.817. The van der Waals surface area contributed by atoms with E-state index in [1.54, 1.807) is 0 Å². The number of aryl methyl sites for hydroxylation is 2. The van der Waals surface area contributed by atoms with E-state index in [4.69, 9.17) is 28.3 Å². The van der Waals surface area contributed by atoms with Gasteiger partial charge in [0.1, 0.15) is 0 Å². The van der Waals surface area contributed by atoms with Gasteiger partial charge in [-0.25, -0.2) is 0 Å². The Morgan fingerprint density at radius 3 is 2.40 bits per heavy atom. The summed E-state index contributed by atoms with van der Waals surface area (Å²) in [5.74, 6) is -0.817. The van der Waals surface area contributed by atoms with E-state index in [0.717, 1.165) is 28.2 Å². The molecule has 1 heterocycles. The molecule has 0 radical (unpaired) electrons. The molecule has 0 saturated heterocycles. The van der Waals surface area contributed by atoms with Crippen molar-refractivity contribution in [2.24, 2.45) is 0 Å². The zero-order valence-corrected chi connectivity index (χ0v) is 15.2. The highest BCUT2D eigenvalue weighted by Gasteiger charge is 2.14. The standard InChI is InChI=1S/C20H17Cl2NO2/c1-13-2-7-17(12-18(13)22)23-16(9-11-20(24)25)8-10-19(23)14-3-5-15(21)6-4-14/h2-8,10,12H,9,11H2,1H3,(H,24,25). The third-order valence-electron chi connectivity index (χ3n) is 4.11.